The number of para-hydroxylation sites is 1. The third-order valence-corrected chi connectivity index (χ3v) is 5.22. The largest absolute Gasteiger partial charge is 0.357 e. The topological polar surface area (TPSA) is 58.1 Å². The van der Waals surface area contributed by atoms with Gasteiger partial charge in [0.2, 0.25) is 5.91 Å². The number of carbonyl (C=O) groups excluding carboxylic acids is 1. The summed E-state index contributed by atoms with van der Waals surface area (Å²) in [6.45, 7) is 1.66. The van der Waals surface area contributed by atoms with Crippen LogP contribution in [0.15, 0.2) is 59.2 Å². The first kappa shape index (κ1) is 17.0. The summed E-state index contributed by atoms with van der Waals surface area (Å²) < 4.78 is 0.895. The lowest BCUT2D eigenvalue weighted by molar-refractivity contribution is -0.120. The highest BCUT2D eigenvalue weighted by molar-refractivity contribution is 9.10. The molecule has 4 rings (SSSR count). The first-order chi connectivity index (χ1) is 12.7. The molecular weight excluding hydrogens is 392 g/mol. The minimum absolute atomic E-state index is 0.0113. The number of hydrogen-bond donors (Lipinski definition) is 1. The number of rotatable bonds is 3. The fourth-order valence-corrected chi connectivity index (χ4v) is 3.51. The monoisotopic (exact) mass is 410 g/mol. The first-order valence-electron chi connectivity index (χ1n) is 8.72. The number of halogens is 1. The van der Waals surface area contributed by atoms with Gasteiger partial charge in [-0.1, -0.05) is 18.2 Å². The molecule has 0 spiro atoms. The molecule has 1 fully saturated rings. The van der Waals surface area contributed by atoms with E-state index >= 15 is 0 Å². The van der Waals surface area contributed by atoms with Crippen LogP contribution < -0.4 is 10.2 Å². The van der Waals surface area contributed by atoms with E-state index in [1.807, 2.05) is 24.3 Å². The molecule has 1 amide bonds. The molecule has 2 aromatic heterocycles. The van der Waals surface area contributed by atoms with Crippen molar-refractivity contribution in [2.24, 2.45) is 5.92 Å². The van der Waals surface area contributed by atoms with E-state index in [9.17, 15) is 4.79 Å². The van der Waals surface area contributed by atoms with Crippen molar-refractivity contribution in [2.75, 3.05) is 23.3 Å². The number of nitrogens with zero attached hydrogens (tertiary/aromatic N) is 3. The van der Waals surface area contributed by atoms with E-state index in [1.165, 1.54) is 0 Å². The van der Waals surface area contributed by atoms with Crippen LogP contribution in [0, 0.1) is 5.92 Å². The van der Waals surface area contributed by atoms with Gasteiger partial charge in [0.15, 0.2) is 0 Å². The minimum atomic E-state index is 0.0113. The second kappa shape index (κ2) is 7.41. The van der Waals surface area contributed by atoms with Crippen molar-refractivity contribution >= 4 is 44.4 Å². The maximum Gasteiger partial charge on any atom is 0.228 e. The number of anilines is 2. The zero-order valence-corrected chi connectivity index (χ0v) is 15.8. The summed E-state index contributed by atoms with van der Waals surface area (Å²) in [6.07, 6.45) is 3.32. The van der Waals surface area contributed by atoms with Crippen LogP contribution >= 0.6 is 15.9 Å². The average molecular weight is 411 g/mol. The normalized spacial score (nSPS) is 15.2. The lowest BCUT2D eigenvalue weighted by atomic mass is 9.96. The summed E-state index contributed by atoms with van der Waals surface area (Å²) in [5, 5.41) is 4.06. The number of benzene rings is 1. The fraction of sp³-hybridized carbons (Fsp3) is 0.250. The predicted molar refractivity (Wildman–Crippen MR) is 107 cm³/mol. The Labute approximate surface area is 160 Å². The van der Waals surface area contributed by atoms with Crippen molar-refractivity contribution < 1.29 is 4.79 Å². The molecule has 132 valence electrons. The number of fused-ring (bicyclic) bond motifs is 1. The summed E-state index contributed by atoms with van der Waals surface area (Å²) >= 11 is 3.35. The van der Waals surface area contributed by atoms with E-state index in [0.29, 0.717) is 5.82 Å². The molecule has 0 unspecified atom stereocenters. The maximum absolute atomic E-state index is 12.5. The quantitative estimate of drug-likeness (QED) is 0.700. The van der Waals surface area contributed by atoms with Gasteiger partial charge < -0.3 is 10.2 Å². The highest BCUT2D eigenvalue weighted by Crippen LogP contribution is 2.25. The summed E-state index contributed by atoms with van der Waals surface area (Å²) in [7, 11) is 0. The second-order valence-corrected chi connectivity index (χ2v) is 7.39. The SMILES string of the molecule is O=C(Nc1ccc(Br)cn1)C1CCN(c2ccc3ccccc3n2)CC1. The molecule has 6 heteroatoms. The van der Waals surface area contributed by atoms with Gasteiger partial charge in [0.05, 0.1) is 5.52 Å². The van der Waals surface area contributed by atoms with E-state index in [1.54, 1.807) is 12.3 Å². The highest BCUT2D eigenvalue weighted by atomic mass is 79.9. The molecule has 26 heavy (non-hydrogen) atoms. The van der Waals surface area contributed by atoms with E-state index in [2.05, 4.69) is 49.3 Å². The van der Waals surface area contributed by atoms with Crippen LogP contribution in [0.3, 0.4) is 0 Å². The van der Waals surface area contributed by atoms with Crippen LogP contribution in [0.1, 0.15) is 12.8 Å². The Balaban J connectivity index is 1.38. The Hall–Kier alpha value is -2.47. The number of piperidine rings is 1. The zero-order chi connectivity index (χ0) is 17.9. The van der Waals surface area contributed by atoms with Gasteiger partial charge in [0, 0.05) is 35.1 Å². The lowest BCUT2D eigenvalue weighted by Crippen LogP contribution is -2.38. The molecule has 1 aromatic carbocycles. The van der Waals surface area contributed by atoms with Crippen LogP contribution in [0.4, 0.5) is 11.6 Å². The molecule has 1 aliphatic rings. The van der Waals surface area contributed by atoms with Gasteiger partial charge in [-0.2, -0.15) is 0 Å². The molecule has 3 aromatic rings. The van der Waals surface area contributed by atoms with Crippen molar-refractivity contribution in [3.63, 3.8) is 0 Å². The first-order valence-corrected chi connectivity index (χ1v) is 9.51. The van der Waals surface area contributed by atoms with Crippen molar-refractivity contribution in [3.8, 4) is 0 Å². The Morgan fingerprint density at radius 3 is 2.65 bits per heavy atom. The van der Waals surface area contributed by atoms with E-state index in [4.69, 9.17) is 4.98 Å². The van der Waals surface area contributed by atoms with Gasteiger partial charge in [-0.25, -0.2) is 9.97 Å². The fourth-order valence-electron chi connectivity index (χ4n) is 3.28. The van der Waals surface area contributed by atoms with Crippen LogP contribution in [0.2, 0.25) is 0 Å². The van der Waals surface area contributed by atoms with Crippen molar-refractivity contribution in [2.45, 2.75) is 12.8 Å². The van der Waals surface area contributed by atoms with Gasteiger partial charge >= 0.3 is 0 Å². The van der Waals surface area contributed by atoms with E-state index in [0.717, 1.165) is 47.1 Å². The van der Waals surface area contributed by atoms with Crippen molar-refractivity contribution in [1.29, 1.82) is 0 Å². The molecule has 3 heterocycles. The lowest BCUT2D eigenvalue weighted by Gasteiger charge is -2.32. The molecule has 1 saturated heterocycles. The Bertz CT molecular complexity index is 921. The van der Waals surface area contributed by atoms with Gasteiger partial charge in [0.1, 0.15) is 11.6 Å². The smallest absolute Gasteiger partial charge is 0.228 e. The number of nitrogens with one attached hydrogen (secondary N) is 1. The molecule has 0 bridgehead atoms. The molecule has 5 nitrogen and oxygen atoms in total. The van der Waals surface area contributed by atoms with Crippen LogP contribution in [-0.2, 0) is 4.79 Å². The van der Waals surface area contributed by atoms with Crippen LogP contribution in [-0.4, -0.2) is 29.0 Å². The molecule has 0 saturated carbocycles. The average Bonchev–Trinajstić information content (AvgIpc) is 2.69. The third-order valence-electron chi connectivity index (χ3n) is 4.75. The molecule has 1 aliphatic heterocycles. The molecule has 0 atom stereocenters. The number of hydrogen-bond acceptors (Lipinski definition) is 4. The number of carbonyl (C=O) groups is 1. The second-order valence-electron chi connectivity index (χ2n) is 6.47. The third kappa shape index (κ3) is 3.70. The maximum atomic E-state index is 12.5. The molecule has 0 radical (unpaired) electrons. The molecular formula is C20H19BrN4O. The minimum Gasteiger partial charge on any atom is -0.357 e. The Morgan fingerprint density at radius 1 is 1.08 bits per heavy atom. The summed E-state index contributed by atoms with van der Waals surface area (Å²) in [5.74, 6) is 1.64. The Morgan fingerprint density at radius 2 is 1.88 bits per heavy atom. The van der Waals surface area contributed by atoms with E-state index < -0.39 is 0 Å². The zero-order valence-electron chi connectivity index (χ0n) is 14.2. The number of aromatic nitrogens is 2. The van der Waals surface area contributed by atoms with Crippen molar-refractivity contribution in [1.82, 2.24) is 9.97 Å². The molecule has 1 N–H and O–H groups in total. The molecule has 0 aliphatic carbocycles. The Kier molecular flexibility index (Phi) is 4.84. The summed E-state index contributed by atoms with van der Waals surface area (Å²) in [5.41, 5.74) is 1.01. The van der Waals surface area contributed by atoms with Crippen LogP contribution in [0.5, 0.6) is 0 Å². The van der Waals surface area contributed by atoms with Gasteiger partial charge in [-0.05, 0) is 59.1 Å². The van der Waals surface area contributed by atoms with Gasteiger partial charge in [0.25, 0.3) is 0 Å². The van der Waals surface area contributed by atoms with Crippen molar-refractivity contribution in [3.05, 3.63) is 59.2 Å². The summed E-state index contributed by atoms with van der Waals surface area (Å²) in [6, 6.07) is 16.0. The van der Waals surface area contributed by atoms with Gasteiger partial charge in [-0.3, -0.25) is 4.79 Å². The summed E-state index contributed by atoms with van der Waals surface area (Å²) in [4.78, 5) is 23.7. The predicted octanol–water partition coefficient (Wildman–Crippen LogP) is 4.25. The standard InChI is InChI=1S/C20H19BrN4O/c21-16-6-7-18(22-13-16)24-20(26)15-9-11-25(12-10-15)19-8-5-14-3-1-2-4-17(14)23-19/h1-8,13,15H,9-12H2,(H,22,24,26). The van der Waals surface area contributed by atoms with Crippen LogP contribution in [0.25, 0.3) is 10.9 Å². The number of amides is 1. The highest BCUT2D eigenvalue weighted by Gasteiger charge is 2.26. The van der Waals surface area contributed by atoms with Gasteiger partial charge in [-0.15, -0.1) is 0 Å². The number of pyridine rings is 2. The van der Waals surface area contributed by atoms with E-state index in [-0.39, 0.29) is 11.8 Å².